The van der Waals surface area contributed by atoms with E-state index >= 15 is 0 Å². The van der Waals surface area contributed by atoms with Gasteiger partial charge >= 0.3 is 0 Å². The summed E-state index contributed by atoms with van der Waals surface area (Å²) in [6.07, 6.45) is 0. The highest BCUT2D eigenvalue weighted by Crippen LogP contribution is 2.28. The average molecular weight is 178 g/mol. The second kappa shape index (κ2) is 3.36. The van der Waals surface area contributed by atoms with Crippen LogP contribution in [0.2, 0.25) is 0 Å². The Bertz CT molecular complexity index is 301. The molecule has 3 nitrogen and oxygen atoms in total. The third kappa shape index (κ3) is 1.53. The van der Waals surface area contributed by atoms with Gasteiger partial charge in [0, 0.05) is 25.0 Å². The summed E-state index contributed by atoms with van der Waals surface area (Å²) in [5, 5.41) is 12.8. The fraction of sp³-hybridized carbons (Fsp3) is 0.400. The van der Waals surface area contributed by atoms with Crippen LogP contribution in [0.15, 0.2) is 24.3 Å². The Labute approximate surface area is 77.6 Å². The van der Waals surface area contributed by atoms with Gasteiger partial charge in [0.1, 0.15) is 5.75 Å². The minimum absolute atomic E-state index is 0.119. The van der Waals surface area contributed by atoms with Gasteiger partial charge in [-0.05, 0) is 11.6 Å². The van der Waals surface area contributed by atoms with Gasteiger partial charge in [0.15, 0.2) is 0 Å². The van der Waals surface area contributed by atoms with Crippen LogP contribution in [-0.2, 0) is 0 Å². The van der Waals surface area contributed by atoms with Crippen molar-refractivity contribution >= 4 is 0 Å². The maximum atomic E-state index is 9.61. The first kappa shape index (κ1) is 8.53. The first-order valence-corrected chi connectivity index (χ1v) is 4.53. The minimum Gasteiger partial charge on any atom is -0.508 e. The number of rotatable bonds is 1. The van der Waals surface area contributed by atoms with E-state index in [1.165, 1.54) is 0 Å². The number of nitrogens with two attached hydrogens (primary N) is 1. The lowest BCUT2D eigenvalue weighted by Gasteiger charge is -2.15. The highest BCUT2D eigenvalue weighted by Gasteiger charge is 2.26. The summed E-state index contributed by atoms with van der Waals surface area (Å²) in [4.78, 5) is 0. The molecule has 0 radical (unpaired) electrons. The molecule has 1 aromatic carbocycles. The van der Waals surface area contributed by atoms with Crippen molar-refractivity contribution in [3.8, 4) is 5.75 Å². The molecule has 1 heterocycles. The molecule has 0 unspecified atom stereocenters. The van der Waals surface area contributed by atoms with Crippen molar-refractivity contribution in [2.24, 2.45) is 5.73 Å². The van der Waals surface area contributed by atoms with Gasteiger partial charge in [-0.1, -0.05) is 18.2 Å². The highest BCUT2D eigenvalue weighted by molar-refractivity contribution is 5.36. The summed E-state index contributed by atoms with van der Waals surface area (Å²) in [6, 6.07) is 7.52. The topological polar surface area (TPSA) is 58.3 Å². The van der Waals surface area contributed by atoms with Crippen LogP contribution < -0.4 is 11.1 Å². The van der Waals surface area contributed by atoms with E-state index in [2.05, 4.69) is 5.32 Å². The lowest BCUT2D eigenvalue weighted by Crippen LogP contribution is -2.27. The third-order valence-corrected chi connectivity index (χ3v) is 2.60. The van der Waals surface area contributed by atoms with Gasteiger partial charge < -0.3 is 16.2 Å². The normalized spacial score (nSPS) is 27.8. The standard InChI is InChI=1S/C10H14N2O/c11-9-6-12-5-8(9)7-3-1-2-4-10(7)13/h1-4,8-9,12-13H,5-6,11H2/t8-,9+/m1/s1. The Morgan fingerprint density at radius 2 is 2.08 bits per heavy atom. The minimum atomic E-state index is 0.119. The summed E-state index contributed by atoms with van der Waals surface area (Å²) in [6.45, 7) is 1.69. The predicted octanol–water partition coefficient (Wildman–Crippen LogP) is 0.406. The molecule has 1 aliphatic heterocycles. The largest absolute Gasteiger partial charge is 0.508 e. The quantitative estimate of drug-likeness (QED) is 0.583. The number of nitrogens with one attached hydrogen (secondary N) is 1. The summed E-state index contributed by atoms with van der Waals surface area (Å²) in [5.41, 5.74) is 6.86. The number of hydrogen-bond donors (Lipinski definition) is 3. The van der Waals surface area contributed by atoms with Crippen molar-refractivity contribution < 1.29 is 5.11 Å². The Kier molecular flexibility index (Phi) is 2.20. The van der Waals surface area contributed by atoms with Crippen molar-refractivity contribution in [2.75, 3.05) is 13.1 Å². The molecule has 70 valence electrons. The molecule has 2 atom stereocenters. The maximum absolute atomic E-state index is 9.61. The first-order chi connectivity index (χ1) is 6.29. The van der Waals surface area contributed by atoms with E-state index in [9.17, 15) is 5.11 Å². The number of para-hydroxylation sites is 1. The Morgan fingerprint density at radius 3 is 2.69 bits per heavy atom. The van der Waals surface area contributed by atoms with Crippen LogP contribution in [0.1, 0.15) is 11.5 Å². The van der Waals surface area contributed by atoms with Gasteiger partial charge in [-0.3, -0.25) is 0 Å². The van der Waals surface area contributed by atoms with E-state index in [4.69, 9.17) is 5.73 Å². The molecule has 1 aliphatic rings. The van der Waals surface area contributed by atoms with E-state index in [1.54, 1.807) is 6.07 Å². The van der Waals surface area contributed by atoms with E-state index in [-0.39, 0.29) is 12.0 Å². The first-order valence-electron chi connectivity index (χ1n) is 4.53. The SMILES string of the molecule is N[C@H]1CNC[C@@H]1c1ccccc1O. The van der Waals surface area contributed by atoms with Crippen LogP contribution in [0, 0.1) is 0 Å². The van der Waals surface area contributed by atoms with Crippen LogP contribution in [0.5, 0.6) is 5.75 Å². The van der Waals surface area contributed by atoms with Crippen molar-refractivity contribution in [1.29, 1.82) is 0 Å². The molecule has 3 heteroatoms. The number of aromatic hydroxyl groups is 1. The molecule has 0 aliphatic carbocycles. The number of benzene rings is 1. The van der Waals surface area contributed by atoms with E-state index < -0.39 is 0 Å². The summed E-state index contributed by atoms with van der Waals surface area (Å²) >= 11 is 0. The molecule has 0 bridgehead atoms. The van der Waals surface area contributed by atoms with E-state index in [0.717, 1.165) is 18.7 Å². The smallest absolute Gasteiger partial charge is 0.119 e. The maximum Gasteiger partial charge on any atom is 0.119 e. The average Bonchev–Trinajstić information content (AvgIpc) is 2.52. The second-order valence-corrected chi connectivity index (χ2v) is 3.49. The lowest BCUT2D eigenvalue weighted by molar-refractivity contribution is 0.459. The summed E-state index contributed by atoms with van der Waals surface area (Å²) < 4.78 is 0. The molecule has 4 N–H and O–H groups in total. The number of phenols is 1. The molecule has 2 rings (SSSR count). The van der Waals surface area contributed by atoms with Gasteiger partial charge in [-0.15, -0.1) is 0 Å². The zero-order chi connectivity index (χ0) is 9.26. The molecular formula is C10H14N2O. The summed E-state index contributed by atoms with van der Waals surface area (Å²) in [7, 11) is 0. The van der Waals surface area contributed by atoms with Gasteiger partial charge in [-0.2, -0.15) is 0 Å². The van der Waals surface area contributed by atoms with E-state index in [1.807, 2.05) is 18.2 Å². The van der Waals surface area contributed by atoms with Crippen molar-refractivity contribution in [3.63, 3.8) is 0 Å². The second-order valence-electron chi connectivity index (χ2n) is 3.49. The molecule has 1 fully saturated rings. The zero-order valence-electron chi connectivity index (χ0n) is 7.40. The van der Waals surface area contributed by atoms with Crippen LogP contribution in [0.4, 0.5) is 0 Å². The Balaban J connectivity index is 2.29. The van der Waals surface area contributed by atoms with Crippen LogP contribution in [0.25, 0.3) is 0 Å². The van der Waals surface area contributed by atoms with Crippen molar-refractivity contribution in [2.45, 2.75) is 12.0 Å². The molecule has 1 aromatic rings. The van der Waals surface area contributed by atoms with Gasteiger partial charge in [0.05, 0.1) is 0 Å². The summed E-state index contributed by atoms with van der Waals surface area (Å²) in [5.74, 6) is 0.604. The lowest BCUT2D eigenvalue weighted by atomic mass is 9.94. The number of hydrogen-bond acceptors (Lipinski definition) is 3. The van der Waals surface area contributed by atoms with Gasteiger partial charge in [0.25, 0.3) is 0 Å². The molecule has 0 spiro atoms. The van der Waals surface area contributed by atoms with Crippen LogP contribution in [-0.4, -0.2) is 24.2 Å². The fourth-order valence-electron chi connectivity index (χ4n) is 1.84. The molecule has 0 amide bonds. The fourth-order valence-corrected chi connectivity index (χ4v) is 1.84. The Hall–Kier alpha value is -1.06. The zero-order valence-corrected chi connectivity index (χ0v) is 7.40. The van der Waals surface area contributed by atoms with Crippen molar-refractivity contribution in [1.82, 2.24) is 5.32 Å². The van der Waals surface area contributed by atoms with E-state index in [0.29, 0.717) is 5.75 Å². The predicted molar refractivity (Wildman–Crippen MR) is 51.7 cm³/mol. The molecule has 13 heavy (non-hydrogen) atoms. The van der Waals surface area contributed by atoms with Crippen LogP contribution in [0.3, 0.4) is 0 Å². The van der Waals surface area contributed by atoms with Crippen LogP contribution >= 0.6 is 0 Å². The molecule has 0 aromatic heterocycles. The highest BCUT2D eigenvalue weighted by atomic mass is 16.3. The molecular weight excluding hydrogens is 164 g/mol. The van der Waals surface area contributed by atoms with Crippen molar-refractivity contribution in [3.05, 3.63) is 29.8 Å². The van der Waals surface area contributed by atoms with Gasteiger partial charge in [-0.25, -0.2) is 0 Å². The molecule has 0 saturated carbocycles. The monoisotopic (exact) mass is 178 g/mol. The third-order valence-electron chi connectivity index (χ3n) is 2.60. The Morgan fingerprint density at radius 1 is 1.31 bits per heavy atom. The number of phenolic OH excluding ortho intramolecular Hbond substituents is 1. The molecule has 1 saturated heterocycles. The van der Waals surface area contributed by atoms with Gasteiger partial charge in [0.2, 0.25) is 0 Å².